The maximum absolute atomic E-state index is 12.0. The van der Waals surface area contributed by atoms with E-state index in [2.05, 4.69) is 20.0 Å². The molecule has 0 aliphatic rings. The van der Waals surface area contributed by atoms with E-state index in [4.69, 9.17) is 9.52 Å². The first-order chi connectivity index (χ1) is 9.49. The molecule has 0 bridgehead atoms. The Labute approximate surface area is 113 Å². The maximum atomic E-state index is 12.0. The second-order valence-electron chi connectivity index (χ2n) is 4.45. The van der Waals surface area contributed by atoms with Gasteiger partial charge < -0.3 is 19.4 Å². The summed E-state index contributed by atoms with van der Waals surface area (Å²) in [6.07, 6.45) is 1.17. The Morgan fingerprint density at radius 1 is 1.30 bits per heavy atom. The number of furan rings is 1. The van der Waals surface area contributed by atoms with Gasteiger partial charge in [0, 0.05) is 0 Å². The van der Waals surface area contributed by atoms with Crippen molar-refractivity contribution in [2.24, 2.45) is 5.92 Å². The number of nitrogens with one attached hydrogen (secondary N) is 1. The number of carbonyl (C=O) groups excluding carboxylic acids is 1. The van der Waals surface area contributed by atoms with Crippen LogP contribution in [-0.4, -0.2) is 27.1 Å². The topological polar surface area (TPSA) is 118 Å². The monoisotopic (exact) mass is 279 g/mol. The molecule has 2 aromatic rings. The van der Waals surface area contributed by atoms with E-state index in [0.717, 1.165) is 0 Å². The molecular formula is C12H13N3O5. The van der Waals surface area contributed by atoms with Crippen LogP contribution in [0.5, 0.6) is 0 Å². The summed E-state index contributed by atoms with van der Waals surface area (Å²) >= 11 is 0. The molecule has 0 aromatic carbocycles. The van der Waals surface area contributed by atoms with Crippen molar-refractivity contribution >= 4 is 11.9 Å². The van der Waals surface area contributed by atoms with E-state index in [9.17, 15) is 9.59 Å². The highest BCUT2D eigenvalue weighted by atomic mass is 16.5. The largest absolute Gasteiger partial charge is 0.475 e. The van der Waals surface area contributed by atoms with Gasteiger partial charge in [-0.15, -0.1) is 0 Å². The number of aromatic carboxylic acids is 1. The standard InChI is InChI=1S/C12H13N3O5/c1-6(2)9(10-13-5-19-15-10)14-11(16)7-3-4-8(20-7)12(17)18/h3-6,9H,1-2H3,(H,14,16)(H,17,18). The van der Waals surface area contributed by atoms with Gasteiger partial charge in [-0.1, -0.05) is 19.0 Å². The van der Waals surface area contributed by atoms with Crippen LogP contribution in [0, 0.1) is 5.92 Å². The van der Waals surface area contributed by atoms with Gasteiger partial charge in [-0.25, -0.2) is 4.79 Å². The number of aromatic nitrogens is 2. The summed E-state index contributed by atoms with van der Waals surface area (Å²) in [4.78, 5) is 26.6. The molecule has 0 spiro atoms. The first kappa shape index (κ1) is 13.8. The van der Waals surface area contributed by atoms with E-state index in [1.54, 1.807) is 0 Å². The molecule has 20 heavy (non-hydrogen) atoms. The number of amides is 1. The van der Waals surface area contributed by atoms with Crippen LogP contribution >= 0.6 is 0 Å². The minimum Gasteiger partial charge on any atom is -0.475 e. The summed E-state index contributed by atoms with van der Waals surface area (Å²) in [5.41, 5.74) is 0. The Morgan fingerprint density at radius 3 is 2.50 bits per heavy atom. The predicted molar refractivity (Wildman–Crippen MR) is 65.0 cm³/mol. The molecule has 1 atom stereocenters. The van der Waals surface area contributed by atoms with Gasteiger partial charge in [0.1, 0.15) is 0 Å². The van der Waals surface area contributed by atoms with Crippen molar-refractivity contribution < 1.29 is 23.6 Å². The van der Waals surface area contributed by atoms with Gasteiger partial charge in [0.25, 0.3) is 5.91 Å². The van der Waals surface area contributed by atoms with Crippen LogP contribution in [0.4, 0.5) is 0 Å². The molecule has 1 unspecified atom stereocenters. The van der Waals surface area contributed by atoms with Crippen molar-refractivity contribution in [2.75, 3.05) is 0 Å². The Bertz CT molecular complexity index is 602. The van der Waals surface area contributed by atoms with Crippen LogP contribution < -0.4 is 5.32 Å². The zero-order valence-corrected chi connectivity index (χ0v) is 10.9. The van der Waals surface area contributed by atoms with E-state index in [1.165, 1.54) is 18.5 Å². The van der Waals surface area contributed by atoms with E-state index in [-0.39, 0.29) is 17.4 Å². The third-order valence-corrected chi connectivity index (χ3v) is 2.65. The minimum absolute atomic E-state index is 0.0189. The molecule has 0 fully saturated rings. The van der Waals surface area contributed by atoms with Gasteiger partial charge >= 0.3 is 5.97 Å². The highest BCUT2D eigenvalue weighted by Gasteiger charge is 2.24. The fourth-order valence-electron chi connectivity index (χ4n) is 1.63. The van der Waals surface area contributed by atoms with Gasteiger partial charge in [0.05, 0.1) is 6.04 Å². The molecule has 0 aliphatic carbocycles. The normalized spacial score (nSPS) is 12.3. The van der Waals surface area contributed by atoms with Gasteiger partial charge in [-0.3, -0.25) is 4.79 Å². The van der Waals surface area contributed by atoms with Crippen molar-refractivity contribution in [1.29, 1.82) is 0 Å². The lowest BCUT2D eigenvalue weighted by Crippen LogP contribution is -2.32. The SMILES string of the molecule is CC(C)C(NC(=O)c1ccc(C(=O)O)o1)c1ncon1. The smallest absolute Gasteiger partial charge is 0.371 e. The fraction of sp³-hybridized carbons (Fsp3) is 0.333. The van der Waals surface area contributed by atoms with Crippen molar-refractivity contribution in [3.8, 4) is 0 Å². The lowest BCUT2D eigenvalue weighted by Gasteiger charge is -2.18. The van der Waals surface area contributed by atoms with Crippen LogP contribution in [-0.2, 0) is 0 Å². The summed E-state index contributed by atoms with van der Waals surface area (Å²) in [5, 5.41) is 15.1. The average molecular weight is 279 g/mol. The summed E-state index contributed by atoms with van der Waals surface area (Å²) in [7, 11) is 0. The van der Waals surface area contributed by atoms with Gasteiger partial charge in [-0.2, -0.15) is 4.98 Å². The molecular weight excluding hydrogens is 266 g/mol. The van der Waals surface area contributed by atoms with Gasteiger partial charge in [-0.05, 0) is 18.1 Å². The Morgan fingerprint density at radius 2 is 2.00 bits per heavy atom. The number of carboxylic acids is 1. The van der Waals surface area contributed by atoms with E-state index >= 15 is 0 Å². The summed E-state index contributed by atoms with van der Waals surface area (Å²) in [6.45, 7) is 3.76. The number of carbonyl (C=O) groups is 2. The molecule has 2 heterocycles. The van der Waals surface area contributed by atoms with Crippen LogP contribution in [0.3, 0.4) is 0 Å². The first-order valence-electron chi connectivity index (χ1n) is 5.89. The average Bonchev–Trinajstić information content (AvgIpc) is 3.05. The molecule has 2 rings (SSSR count). The molecule has 0 aliphatic heterocycles. The van der Waals surface area contributed by atoms with Crippen LogP contribution in [0.25, 0.3) is 0 Å². The summed E-state index contributed by atoms with van der Waals surface area (Å²) in [6, 6.07) is 2.06. The van der Waals surface area contributed by atoms with Crippen LogP contribution in [0.2, 0.25) is 0 Å². The van der Waals surface area contributed by atoms with E-state index in [0.29, 0.717) is 5.82 Å². The molecule has 0 saturated heterocycles. The quantitative estimate of drug-likeness (QED) is 0.850. The first-order valence-corrected chi connectivity index (χ1v) is 5.89. The highest BCUT2D eigenvalue weighted by Crippen LogP contribution is 2.19. The van der Waals surface area contributed by atoms with Crippen LogP contribution in [0.15, 0.2) is 27.5 Å². The number of hydrogen-bond donors (Lipinski definition) is 2. The third kappa shape index (κ3) is 2.85. The second kappa shape index (κ2) is 5.55. The number of carboxylic acid groups (broad SMARTS) is 1. The Hall–Kier alpha value is -2.64. The molecule has 0 radical (unpaired) electrons. The molecule has 8 heteroatoms. The maximum Gasteiger partial charge on any atom is 0.371 e. The van der Waals surface area contributed by atoms with Gasteiger partial charge in [0.2, 0.25) is 12.2 Å². The molecule has 8 nitrogen and oxygen atoms in total. The zero-order valence-electron chi connectivity index (χ0n) is 10.9. The van der Waals surface area contributed by atoms with Crippen molar-refractivity contribution in [3.05, 3.63) is 35.9 Å². The lowest BCUT2D eigenvalue weighted by molar-refractivity contribution is 0.0659. The summed E-state index contributed by atoms with van der Waals surface area (Å²) < 4.78 is 9.58. The molecule has 0 saturated carbocycles. The molecule has 1 amide bonds. The summed E-state index contributed by atoms with van der Waals surface area (Å²) in [5.74, 6) is -1.79. The van der Waals surface area contributed by atoms with Crippen molar-refractivity contribution in [1.82, 2.24) is 15.5 Å². The predicted octanol–water partition coefficient (Wildman–Crippen LogP) is 1.49. The molecule has 2 N–H and O–H groups in total. The minimum atomic E-state index is -1.23. The molecule has 106 valence electrons. The number of rotatable bonds is 5. The lowest BCUT2D eigenvalue weighted by atomic mass is 10.0. The van der Waals surface area contributed by atoms with Gasteiger partial charge in [0.15, 0.2) is 11.6 Å². The zero-order chi connectivity index (χ0) is 14.7. The van der Waals surface area contributed by atoms with E-state index in [1.807, 2.05) is 13.8 Å². The molecule has 2 aromatic heterocycles. The second-order valence-corrected chi connectivity index (χ2v) is 4.45. The van der Waals surface area contributed by atoms with E-state index < -0.39 is 17.9 Å². The Balaban J connectivity index is 2.14. The Kier molecular flexibility index (Phi) is 3.83. The van der Waals surface area contributed by atoms with Crippen molar-refractivity contribution in [3.63, 3.8) is 0 Å². The number of hydrogen-bond acceptors (Lipinski definition) is 6. The van der Waals surface area contributed by atoms with Crippen LogP contribution in [0.1, 0.15) is 46.8 Å². The third-order valence-electron chi connectivity index (χ3n) is 2.65. The van der Waals surface area contributed by atoms with Crippen molar-refractivity contribution in [2.45, 2.75) is 19.9 Å². The highest BCUT2D eigenvalue weighted by molar-refractivity contribution is 5.93. The fourth-order valence-corrected chi connectivity index (χ4v) is 1.63. The number of nitrogens with zero attached hydrogens (tertiary/aromatic N) is 2.